The molecule has 1 atom stereocenters. The molecule has 2 aromatic carbocycles. The number of halogens is 4. The van der Waals surface area contributed by atoms with Crippen LogP contribution in [0.2, 0.25) is 5.02 Å². The van der Waals surface area contributed by atoms with E-state index in [9.17, 15) is 18.0 Å². The number of benzene rings is 2. The zero-order valence-electron chi connectivity index (χ0n) is 23.3. The number of nitrogens with zero attached hydrogens (tertiary/aromatic N) is 4. The van der Waals surface area contributed by atoms with E-state index in [4.69, 9.17) is 23.0 Å². The third-order valence-electron chi connectivity index (χ3n) is 6.93. The fourth-order valence-corrected chi connectivity index (χ4v) is 5.16. The first-order valence-corrected chi connectivity index (χ1v) is 14.0. The lowest BCUT2D eigenvalue weighted by Crippen LogP contribution is -2.36. The fraction of sp³-hybridized carbons (Fsp3) is 0.290. The van der Waals surface area contributed by atoms with Crippen LogP contribution in [0, 0.1) is 19.3 Å². The number of carbonyl (C=O) groups is 1. The van der Waals surface area contributed by atoms with Crippen LogP contribution in [0.25, 0.3) is 16.9 Å². The molecule has 1 unspecified atom stereocenters. The molecule has 10 heteroatoms. The summed E-state index contributed by atoms with van der Waals surface area (Å²) in [5, 5.41) is 0.616. The summed E-state index contributed by atoms with van der Waals surface area (Å²) in [4.78, 5) is 22.7. The van der Waals surface area contributed by atoms with Crippen molar-refractivity contribution in [2.45, 2.75) is 33.0 Å². The van der Waals surface area contributed by atoms with Gasteiger partial charge in [0.2, 0.25) is 0 Å². The Kier molecular flexibility index (Phi) is 9.13. The molecule has 2 aromatic heterocycles. The van der Waals surface area contributed by atoms with Crippen molar-refractivity contribution in [3.63, 3.8) is 0 Å². The molecule has 5 nitrogen and oxygen atoms in total. The zero-order valence-corrected chi connectivity index (χ0v) is 25.2. The highest BCUT2D eigenvalue weighted by Gasteiger charge is 2.33. The molecule has 4 rings (SSSR count). The maximum Gasteiger partial charge on any atom is 0.417 e. The Morgan fingerprint density at radius 3 is 2.44 bits per heavy atom. The zero-order chi connectivity index (χ0) is 30.1. The number of imidazole rings is 1. The molecular weight excluding hydrogens is 568 g/mol. The molecule has 214 valence electrons. The monoisotopic (exact) mass is 598 g/mol. The molecule has 4 aromatic rings. The molecule has 0 aliphatic rings. The van der Waals surface area contributed by atoms with Crippen LogP contribution in [0.15, 0.2) is 48.5 Å². The van der Waals surface area contributed by atoms with Crippen LogP contribution in [0.5, 0.6) is 0 Å². The molecule has 0 N–H and O–H groups in total. The molecule has 1 amide bonds. The van der Waals surface area contributed by atoms with Gasteiger partial charge in [-0.1, -0.05) is 42.6 Å². The largest absolute Gasteiger partial charge is 0.417 e. The van der Waals surface area contributed by atoms with Gasteiger partial charge in [0.15, 0.2) is 11.3 Å². The molecule has 0 bridgehead atoms. The number of hydrogen-bond donors (Lipinski definition) is 0. The van der Waals surface area contributed by atoms with Crippen molar-refractivity contribution in [1.82, 2.24) is 19.2 Å². The van der Waals surface area contributed by atoms with E-state index in [-0.39, 0.29) is 18.1 Å². The van der Waals surface area contributed by atoms with E-state index in [1.165, 1.54) is 12.1 Å². The van der Waals surface area contributed by atoms with Crippen LogP contribution in [0.4, 0.5) is 13.2 Å². The Balaban J connectivity index is 1.90. The van der Waals surface area contributed by atoms with Crippen molar-refractivity contribution in [2.24, 2.45) is 0 Å². The van der Waals surface area contributed by atoms with Gasteiger partial charge in [-0.15, -0.1) is 15.7 Å². The summed E-state index contributed by atoms with van der Waals surface area (Å²) < 4.78 is 41.9. The van der Waals surface area contributed by atoms with E-state index in [0.717, 1.165) is 28.2 Å². The van der Waals surface area contributed by atoms with Crippen LogP contribution >= 0.6 is 20.8 Å². The van der Waals surface area contributed by atoms with Crippen molar-refractivity contribution in [1.29, 1.82) is 0 Å². The third kappa shape index (κ3) is 6.43. The molecule has 0 saturated heterocycles. The number of carbonyl (C=O) groups excluding carboxylic acids is 1. The van der Waals surface area contributed by atoms with Gasteiger partial charge in [0.25, 0.3) is 5.91 Å². The molecule has 0 aliphatic heterocycles. The Bertz CT molecular complexity index is 1660. The van der Waals surface area contributed by atoms with Gasteiger partial charge in [-0.25, -0.2) is 4.98 Å². The highest BCUT2D eigenvalue weighted by molar-refractivity contribution is 7.27. The number of pyridine rings is 1. The summed E-state index contributed by atoms with van der Waals surface area (Å²) in [6.07, 6.45) is 1.93. The van der Waals surface area contributed by atoms with E-state index in [1.807, 2.05) is 67.6 Å². The third-order valence-corrected chi connectivity index (χ3v) is 7.89. The minimum absolute atomic E-state index is 0.0457. The standard InChI is InChI=1S/C31H31ClF3N4OP/c1-6-21-9-11-23(7-2)39-28(22-10-13-26(41)19(3)16-22)27(36-29(21)39)30(40)38(15-14-37(4)5)18-20-8-12-24(25(32)17-20)31(33,34)35/h1,8-13,16-17H,7,14-15,18,41H2,2-5H3. The predicted molar refractivity (Wildman–Crippen MR) is 162 cm³/mol. The Morgan fingerprint density at radius 1 is 1.12 bits per heavy atom. The van der Waals surface area contributed by atoms with E-state index >= 15 is 0 Å². The van der Waals surface area contributed by atoms with Gasteiger partial charge < -0.3 is 9.80 Å². The van der Waals surface area contributed by atoms with E-state index in [2.05, 4.69) is 15.2 Å². The van der Waals surface area contributed by atoms with E-state index in [1.54, 1.807) is 4.90 Å². The first-order chi connectivity index (χ1) is 19.3. The summed E-state index contributed by atoms with van der Waals surface area (Å²) in [7, 11) is 6.46. The summed E-state index contributed by atoms with van der Waals surface area (Å²) in [5.74, 6) is 2.32. The predicted octanol–water partition coefficient (Wildman–Crippen LogP) is 6.23. The lowest BCUT2D eigenvalue weighted by Gasteiger charge is -2.25. The second kappa shape index (κ2) is 12.2. The number of likely N-dealkylation sites (N-methyl/N-ethyl adjacent to an activating group) is 1. The molecule has 0 radical (unpaired) electrons. The van der Waals surface area contributed by atoms with Gasteiger partial charge in [-0.2, -0.15) is 13.2 Å². The SMILES string of the molecule is C#Cc1ccc(CC)n2c(-c3ccc(P)c(C)c3)c(C(=O)N(CCN(C)C)Cc3ccc(C(F)(F)F)c(Cl)c3)nc12. The fourth-order valence-electron chi connectivity index (χ4n) is 4.67. The van der Waals surface area contributed by atoms with Gasteiger partial charge in [-0.3, -0.25) is 9.20 Å². The molecule has 0 saturated carbocycles. The average Bonchev–Trinajstić information content (AvgIpc) is 3.31. The van der Waals surface area contributed by atoms with Gasteiger partial charge >= 0.3 is 6.18 Å². The molecule has 0 spiro atoms. The summed E-state index contributed by atoms with van der Waals surface area (Å²) in [6.45, 7) is 4.89. The summed E-state index contributed by atoms with van der Waals surface area (Å²) >= 11 is 6.01. The maximum absolute atomic E-state index is 14.4. The molecule has 0 fully saturated rings. The number of rotatable bonds is 8. The van der Waals surface area contributed by atoms with Crippen LogP contribution in [-0.2, 0) is 19.1 Å². The Morgan fingerprint density at radius 2 is 1.85 bits per heavy atom. The van der Waals surface area contributed by atoms with Crippen LogP contribution in [-0.4, -0.2) is 52.3 Å². The van der Waals surface area contributed by atoms with Crippen molar-refractivity contribution in [2.75, 3.05) is 27.2 Å². The number of hydrogen-bond acceptors (Lipinski definition) is 3. The second-order valence-electron chi connectivity index (χ2n) is 10.1. The smallest absolute Gasteiger partial charge is 0.332 e. The number of amides is 1. The first-order valence-electron chi connectivity index (χ1n) is 13.0. The van der Waals surface area contributed by atoms with Crippen molar-refractivity contribution in [3.05, 3.63) is 87.2 Å². The molecule has 2 heterocycles. The topological polar surface area (TPSA) is 40.9 Å². The normalized spacial score (nSPS) is 11.7. The van der Waals surface area contributed by atoms with Crippen LogP contribution in [0.1, 0.15) is 45.4 Å². The maximum atomic E-state index is 14.4. The average molecular weight is 599 g/mol. The second-order valence-corrected chi connectivity index (χ2v) is 11.1. The number of fused-ring (bicyclic) bond motifs is 1. The van der Waals surface area contributed by atoms with E-state index < -0.39 is 16.8 Å². The van der Waals surface area contributed by atoms with Crippen LogP contribution < -0.4 is 5.30 Å². The molecular formula is C31H31ClF3N4OP. The minimum Gasteiger partial charge on any atom is -0.332 e. The molecule has 0 aliphatic carbocycles. The Hall–Kier alpha value is -3.37. The summed E-state index contributed by atoms with van der Waals surface area (Å²) in [5.41, 5.74) is 4.21. The number of aryl methyl sites for hydroxylation is 2. The summed E-state index contributed by atoms with van der Waals surface area (Å²) in [6, 6.07) is 13.2. The first kappa shape index (κ1) is 30.6. The highest BCUT2D eigenvalue weighted by Crippen LogP contribution is 2.35. The van der Waals surface area contributed by atoms with Crippen molar-refractivity contribution >= 4 is 37.7 Å². The highest BCUT2D eigenvalue weighted by atomic mass is 35.5. The quantitative estimate of drug-likeness (QED) is 0.178. The molecule has 41 heavy (non-hydrogen) atoms. The van der Waals surface area contributed by atoms with Gasteiger partial charge in [-0.05, 0) is 74.2 Å². The Labute approximate surface area is 245 Å². The lowest BCUT2D eigenvalue weighted by molar-refractivity contribution is -0.137. The number of alkyl halides is 3. The van der Waals surface area contributed by atoms with Gasteiger partial charge in [0.1, 0.15) is 0 Å². The lowest BCUT2D eigenvalue weighted by atomic mass is 10.1. The van der Waals surface area contributed by atoms with Gasteiger partial charge in [0, 0.05) is 30.9 Å². The number of terminal acetylenes is 1. The van der Waals surface area contributed by atoms with Crippen LogP contribution in [0.3, 0.4) is 0 Å². The number of aromatic nitrogens is 2. The van der Waals surface area contributed by atoms with Crippen molar-refractivity contribution < 1.29 is 18.0 Å². The minimum atomic E-state index is -4.57. The van der Waals surface area contributed by atoms with Gasteiger partial charge in [0.05, 0.1) is 21.8 Å². The van der Waals surface area contributed by atoms with Crippen molar-refractivity contribution in [3.8, 4) is 23.6 Å². The van der Waals surface area contributed by atoms with E-state index in [0.29, 0.717) is 42.0 Å².